The van der Waals surface area contributed by atoms with Crippen molar-refractivity contribution in [3.8, 4) is 22.3 Å². The Morgan fingerprint density at radius 3 is 1.18 bits per heavy atom. The lowest BCUT2D eigenvalue weighted by molar-refractivity contribution is 0.585. The first-order valence-electron chi connectivity index (χ1n) is 9.34. The zero-order valence-corrected chi connectivity index (χ0v) is 20.4. The molecule has 168 valence electrons. The fraction of sp³-hybridized carbons (Fsp3) is 0. The van der Waals surface area contributed by atoms with Gasteiger partial charge in [-0.25, -0.2) is 26.0 Å². The van der Waals surface area contributed by atoms with Crippen molar-refractivity contribution in [2.45, 2.75) is 9.79 Å². The van der Waals surface area contributed by atoms with Crippen molar-refractivity contribution < 1.29 is 26.0 Å². The van der Waals surface area contributed by atoms with E-state index in [1.807, 2.05) is 0 Å². The normalized spacial score (nSPS) is 11.6. The van der Waals surface area contributed by atoms with Gasteiger partial charge in [0.25, 0.3) is 0 Å². The molecule has 0 bridgehead atoms. The van der Waals surface area contributed by atoms with Gasteiger partial charge in [-0.2, -0.15) is 0 Å². The maximum absolute atomic E-state index is 14.7. The molecule has 0 aliphatic carbocycles. The lowest BCUT2D eigenvalue weighted by Crippen LogP contribution is -2.08. The molecule has 0 saturated carbocycles. The molecule has 33 heavy (non-hydrogen) atoms. The third-order valence-electron chi connectivity index (χ3n) is 4.91. The number of hydrogen-bond donors (Lipinski definition) is 0. The smallest absolute Gasteiger partial charge is 0.207 e. The SMILES string of the molecule is O=S(=O)(c1ccccc1-c1c(F)cc(Br)cc1F)c1ccccc1-c1c(F)cc(Br)cc1F. The van der Waals surface area contributed by atoms with Crippen molar-refractivity contribution in [2.24, 2.45) is 0 Å². The van der Waals surface area contributed by atoms with E-state index in [0.29, 0.717) is 0 Å². The standard InChI is InChI=1S/C24H12Br2F4O2S/c25-13-9-17(27)23(18(28)10-13)15-5-1-3-7-21(15)33(31,32)22-8-4-2-6-16(22)24-19(29)11-14(26)12-20(24)30/h1-12H. The van der Waals surface area contributed by atoms with Crippen LogP contribution in [-0.4, -0.2) is 8.42 Å². The summed E-state index contributed by atoms with van der Waals surface area (Å²) in [6.07, 6.45) is 0. The summed E-state index contributed by atoms with van der Waals surface area (Å²) in [4.78, 5) is -0.814. The van der Waals surface area contributed by atoms with Crippen LogP contribution in [0, 0.1) is 23.3 Å². The van der Waals surface area contributed by atoms with Crippen molar-refractivity contribution >= 4 is 41.7 Å². The zero-order valence-electron chi connectivity index (χ0n) is 16.4. The molecule has 0 aromatic heterocycles. The minimum atomic E-state index is -4.47. The summed E-state index contributed by atoms with van der Waals surface area (Å²) in [6, 6.07) is 14.7. The molecule has 0 atom stereocenters. The Kier molecular flexibility index (Phi) is 6.48. The van der Waals surface area contributed by atoms with Crippen molar-refractivity contribution in [1.82, 2.24) is 0 Å². The second kappa shape index (κ2) is 9.04. The summed E-state index contributed by atoms with van der Waals surface area (Å²) < 4.78 is 86.4. The number of rotatable bonds is 4. The number of halogens is 6. The summed E-state index contributed by atoms with van der Waals surface area (Å²) in [5.74, 6) is -3.88. The van der Waals surface area contributed by atoms with Crippen LogP contribution in [0.1, 0.15) is 0 Å². The molecule has 0 saturated heterocycles. The first-order chi connectivity index (χ1) is 15.6. The van der Waals surface area contributed by atoms with Crippen LogP contribution in [0.2, 0.25) is 0 Å². The van der Waals surface area contributed by atoms with E-state index in [0.717, 1.165) is 24.3 Å². The van der Waals surface area contributed by atoms with Crippen molar-refractivity contribution in [3.63, 3.8) is 0 Å². The van der Waals surface area contributed by atoms with Crippen LogP contribution >= 0.6 is 31.9 Å². The maximum Gasteiger partial charge on any atom is 0.207 e. The lowest BCUT2D eigenvalue weighted by atomic mass is 10.0. The summed E-state index contributed by atoms with van der Waals surface area (Å²) >= 11 is 5.99. The Labute approximate surface area is 204 Å². The average molecular weight is 600 g/mol. The number of benzene rings is 4. The van der Waals surface area contributed by atoms with Gasteiger partial charge in [0, 0.05) is 20.1 Å². The lowest BCUT2D eigenvalue weighted by Gasteiger charge is -2.16. The van der Waals surface area contributed by atoms with Crippen molar-refractivity contribution in [3.05, 3.63) is 105 Å². The molecule has 2 nitrogen and oxygen atoms in total. The van der Waals surface area contributed by atoms with Crippen molar-refractivity contribution in [1.29, 1.82) is 0 Å². The third kappa shape index (κ3) is 4.37. The molecule has 0 aliphatic rings. The number of sulfone groups is 1. The van der Waals surface area contributed by atoms with Crippen LogP contribution < -0.4 is 0 Å². The monoisotopic (exact) mass is 598 g/mol. The maximum atomic E-state index is 14.7. The van der Waals surface area contributed by atoms with E-state index < -0.39 is 54.0 Å². The second-order valence-electron chi connectivity index (χ2n) is 6.98. The van der Waals surface area contributed by atoms with Gasteiger partial charge in [-0.1, -0.05) is 68.3 Å². The molecular weight excluding hydrogens is 588 g/mol. The highest BCUT2D eigenvalue weighted by molar-refractivity contribution is 9.10. The van der Waals surface area contributed by atoms with Gasteiger partial charge in [-0.15, -0.1) is 0 Å². The van der Waals surface area contributed by atoms with E-state index in [1.165, 1.54) is 48.5 Å². The van der Waals surface area contributed by atoms with E-state index in [1.54, 1.807) is 0 Å². The first kappa shape index (κ1) is 23.7. The van der Waals surface area contributed by atoms with Crippen molar-refractivity contribution in [2.75, 3.05) is 0 Å². The molecule has 9 heteroatoms. The predicted molar refractivity (Wildman–Crippen MR) is 124 cm³/mol. The first-order valence-corrected chi connectivity index (χ1v) is 12.4. The second-order valence-corrected chi connectivity index (χ2v) is 10.7. The van der Waals surface area contributed by atoms with Crippen LogP contribution in [0.5, 0.6) is 0 Å². The molecule has 4 aromatic rings. The number of hydrogen-bond acceptors (Lipinski definition) is 2. The molecule has 0 heterocycles. The topological polar surface area (TPSA) is 34.1 Å². The van der Waals surface area contributed by atoms with Crippen LogP contribution in [-0.2, 0) is 9.84 Å². The summed E-state index contributed by atoms with van der Waals surface area (Å²) in [5, 5.41) is 0. The molecule has 4 aromatic carbocycles. The van der Waals surface area contributed by atoms with Crippen LogP contribution in [0.4, 0.5) is 17.6 Å². The van der Waals surface area contributed by atoms with Gasteiger partial charge in [0.2, 0.25) is 9.84 Å². The minimum Gasteiger partial charge on any atom is -0.218 e. The quantitative estimate of drug-likeness (QED) is 0.223. The summed E-state index contributed by atoms with van der Waals surface area (Å²) in [7, 11) is -4.47. The third-order valence-corrected chi connectivity index (χ3v) is 7.69. The Bertz CT molecular complexity index is 1350. The predicted octanol–water partition coefficient (Wildman–Crippen LogP) is 7.93. The fourth-order valence-electron chi connectivity index (χ4n) is 3.53. The summed E-state index contributed by atoms with van der Waals surface area (Å²) in [5.41, 5.74) is -1.50. The molecule has 0 aliphatic heterocycles. The van der Waals surface area contributed by atoms with Gasteiger partial charge >= 0.3 is 0 Å². The van der Waals surface area contributed by atoms with Gasteiger partial charge in [0.05, 0.1) is 20.9 Å². The Balaban J connectivity index is 2.00. The zero-order chi connectivity index (χ0) is 23.9. The molecular formula is C24H12Br2F4O2S. The highest BCUT2D eigenvalue weighted by Crippen LogP contribution is 2.40. The molecule has 0 radical (unpaired) electrons. The Hall–Kier alpha value is -2.49. The van der Waals surface area contributed by atoms with E-state index in [2.05, 4.69) is 31.9 Å². The van der Waals surface area contributed by atoms with Crippen LogP contribution in [0.25, 0.3) is 22.3 Å². The molecule has 0 fully saturated rings. The minimum absolute atomic E-state index is 0.146. The van der Waals surface area contributed by atoms with Gasteiger partial charge in [-0.3, -0.25) is 0 Å². The Morgan fingerprint density at radius 2 is 0.848 bits per heavy atom. The van der Waals surface area contributed by atoms with E-state index in [-0.39, 0.29) is 20.1 Å². The molecule has 4 rings (SSSR count). The Morgan fingerprint density at radius 1 is 0.545 bits per heavy atom. The highest BCUT2D eigenvalue weighted by Gasteiger charge is 2.29. The van der Waals surface area contributed by atoms with E-state index >= 15 is 0 Å². The van der Waals surface area contributed by atoms with Gasteiger partial charge in [0.15, 0.2) is 0 Å². The van der Waals surface area contributed by atoms with E-state index in [9.17, 15) is 26.0 Å². The van der Waals surface area contributed by atoms with Gasteiger partial charge < -0.3 is 0 Å². The van der Waals surface area contributed by atoms with Gasteiger partial charge in [0.1, 0.15) is 23.3 Å². The molecule has 0 N–H and O–H groups in total. The fourth-order valence-corrected chi connectivity index (χ4v) is 6.01. The van der Waals surface area contributed by atoms with E-state index in [4.69, 9.17) is 0 Å². The summed E-state index contributed by atoms with van der Waals surface area (Å²) in [6.45, 7) is 0. The highest BCUT2D eigenvalue weighted by atomic mass is 79.9. The molecule has 0 spiro atoms. The average Bonchev–Trinajstić information content (AvgIpc) is 2.73. The largest absolute Gasteiger partial charge is 0.218 e. The van der Waals surface area contributed by atoms with Crippen LogP contribution in [0.3, 0.4) is 0 Å². The molecule has 0 unspecified atom stereocenters. The van der Waals surface area contributed by atoms with Crippen LogP contribution in [0.15, 0.2) is 91.5 Å². The molecule has 0 amide bonds. The van der Waals surface area contributed by atoms with Gasteiger partial charge in [-0.05, 0) is 36.4 Å².